The van der Waals surface area contributed by atoms with Crippen molar-refractivity contribution in [2.24, 2.45) is 0 Å². The molecule has 0 radical (unpaired) electrons. The molecule has 0 aliphatic carbocycles. The van der Waals surface area contributed by atoms with Crippen LogP contribution in [0.1, 0.15) is 19.4 Å². The maximum absolute atomic E-state index is 5.64. The number of hydrogen-bond donors (Lipinski definition) is 1. The number of rotatable bonds is 6. The second kappa shape index (κ2) is 6.71. The summed E-state index contributed by atoms with van der Waals surface area (Å²) in [5.41, 5.74) is 1.23. The first-order valence-corrected chi connectivity index (χ1v) is 6.19. The van der Waals surface area contributed by atoms with Crippen LogP contribution in [0.25, 0.3) is 0 Å². The van der Waals surface area contributed by atoms with Crippen LogP contribution in [0.2, 0.25) is 0 Å². The van der Waals surface area contributed by atoms with Gasteiger partial charge in [-0.25, -0.2) is 0 Å². The predicted octanol–water partition coefficient (Wildman–Crippen LogP) is 3.51. The fourth-order valence-electron chi connectivity index (χ4n) is 1.32. The molecule has 0 saturated carbocycles. The van der Waals surface area contributed by atoms with Crippen LogP contribution in [0, 0.1) is 0 Å². The Kier molecular flexibility index (Phi) is 5.56. The fraction of sp³-hybridized carbons (Fsp3) is 0.385. The van der Waals surface area contributed by atoms with Crippen LogP contribution in [0.15, 0.2) is 35.3 Å². The van der Waals surface area contributed by atoms with Crippen LogP contribution < -0.4 is 10.1 Å². The van der Waals surface area contributed by atoms with E-state index < -0.39 is 0 Å². The van der Waals surface area contributed by atoms with Gasteiger partial charge >= 0.3 is 0 Å². The molecule has 0 spiro atoms. The van der Waals surface area contributed by atoms with Gasteiger partial charge in [0.25, 0.3) is 0 Å². The first-order valence-electron chi connectivity index (χ1n) is 5.40. The zero-order valence-corrected chi connectivity index (χ0v) is 11.4. The molecule has 88 valence electrons. The minimum Gasteiger partial charge on any atom is -0.490 e. The Bertz CT molecular complexity index is 350. The minimum atomic E-state index is 0.195. The second-order valence-electron chi connectivity index (χ2n) is 3.85. The SMILES string of the molecule is C=CCNCc1ccc(OC(C)C)c(Br)c1. The zero-order valence-electron chi connectivity index (χ0n) is 9.79. The van der Waals surface area contributed by atoms with E-state index in [1.807, 2.05) is 26.0 Å². The summed E-state index contributed by atoms with van der Waals surface area (Å²) >= 11 is 3.51. The summed E-state index contributed by atoms with van der Waals surface area (Å²) in [7, 11) is 0. The summed E-state index contributed by atoms with van der Waals surface area (Å²) < 4.78 is 6.64. The van der Waals surface area contributed by atoms with E-state index in [2.05, 4.69) is 40.0 Å². The van der Waals surface area contributed by atoms with Gasteiger partial charge in [0, 0.05) is 13.1 Å². The highest BCUT2D eigenvalue weighted by molar-refractivity contribution is 9.10. The Labute approximate surface area is 106 Å². The number of nitrogens with one attached hydrogen (secondary N) is 1. The van der Waals surface area contributed by atoms with Gasteiger partial charge in [-0.3, -0.25) is 0 Å². The van der Waals surface area contributed by atoms with Crippen LogP contribution in [0.5, 0.6) is 5.75 Å². The Morgan fingerprint density at radius 1 is 1.50 bits per heavy atom. The molecule has 1 rings (SSSR count). The van der Waals surface area contributed by atoms with E-state index in [4.69, 9.17) is 4.74 Å². The van der Waals surface area contributed by atoms with E-state index in [1.54, 1.807) is 0 Å². The average Bonchev–Trinajstić information content (AvgIpc) is 2.22. The van der Waals surface area contributed by atoms with Crippen molar-refractivity contribution in [1.29, 1.82) is 0 Å². The molecule has 2 nitrogen and oxygen atoms in total. The van der Waals surface area contributed by atoms with E-state index in [-0.39, 0.29) is 6.10 Å². The van der Waals surface area contributed by atoms with E-state index in [9.17, 15) is 0 Å². The summed E-state index contributed by atoms with van der Waals surface area (Å²) in [5.74, 6) is 0.891. The van der Waals surface area contributed by atoms with Crippen molar-refractivity contribution in [3.05, 3.63) is 40.9 Å². The first-order chi connectivity index (χ1) is 7.63. The largest absolute Gasteiger partial charge is 0.490 e. The maximum atomic E-state index is 5.64. The third-order valence-corrected chi connectivity index (χ3v) is 2.60. The lowest BCUT2D eigenvalue weighted by atomic mass is 10.2. The van der Waals surface area contributed by atoms with Gasteiger partial charge < -0.3 is 10.1 Å². The summed E-state index contributed by atoms with van der Waals surface area (Å²) in [6.45, 7) is 9.37. The second-order valence-corrected chi connectivity index (χ2v) is 4.71. The minimum absolute atomic E-state index is 0.195. The van der Waals surface area contributed by atoms with Gasteiger partial charge in [-0.2, -0.15) is 0 Å². The van der Waals surface area contributed by atoms with Crippen LogP contribution >= 0.6 is 15.9 Å². The Morgan fingerprint density at radius 2 is 2.25 bits per heavy atom. The molecular formula is C13H18BrNO. The molecule has 0 amide bonds. The third-order valence-electron chi connectivity index (χ3n) is 1.98. The number of hydrogen-bond acceptors (Lipinski definition) is 2. The highest BCUT2D eigenvalue weighted by Gasteiger charge is 2.04. The summed E-state index contributed by atoms with van der Waals surface area (Å²) in [6.07, 6.45) is 2.05. The molecule has 0 aliphatic heterocycles. The topological polar surface area (TPSA) is 21.3 Å². The zero-order chi connectivity index (χ0) is 12.0. The molecule has 0 heterocycles. The molecule has 1 aromatic carbocycles. The Morgan fingerprint density at radius 3 is 2.81 bits per heavy atom. The lowest BCUT2D eigenvalue weighted by molar-refractivity contribution is 0.241. The van der Waals surface area contributed by atoms with Crippen LogP contribution in [-0.4, -0.2) is 12.6 Å². The van der Waals surface area contributed by atoms with Crippen molar-refractivity contribution in [2.75, 3.05) is 6.54 Å². The molecule has 0 aliphatic rings. The molecule has 1 N–H and O–H groups in total. The van der Waals surface area contributed by atoms with Gasteiger partial charge in [0.2, 0.25) is 0 Å². The quantitative estimate of drug-likeness (QED) is 0.637. The molecule has 0 fully saturated rings. The summed E-state index contributed by atoms with van der Waals surface area (Å²) in [6, 6.07) is 6.14. The van der Waals surface area contributed by atoms with Crippen LogP contribution in [0.3, 0.4) is 0 Å². The van der Waals surface area contributed by atoms with E-state index >= 15 is 0 Å². The van der Waals surface area contributed by atoms with Crippen LogP contribution in [0.4, 0.5) is 0 Å². The average molecular weight is 284 g/mol. The molecule has 0 bridgehead atoms. The number of ether oxygens (including phenoxy) is 1. The lowest BCUT2D eigenvalue weighted by Gasteiger charge is -2.12. The number of benzene rings is 1. The van der Waals surface area contributed by atoms with Crippen LogP contribution in [-0.2, 0) is 6.54 Å². The molecule has 16 heavy (non-hydrogen) atoms. The van der Waals surface area contributed by atoms with Gasteiger partial charge in [0.05, 0.1) is 10.6 Å². The van der Waals surface area contributed by atoms with Gasteiger partial charge in [0.15, 0.2) is 0 Å². The highest BCUT2D eigenvalue weighted by atomic mass is 79.9. The van der Waals surface area contributed by atoms with E-state index in [1.165, 1.54) is 5.56 Å². The van der Waals surface area contributed by atoms with Crippen molar-refractivity contribution in [1.82, 2.24) is 5.32 Å². The molecule has 3 heteroatoms. The van der Waals surface area contributed by atoms with Crippen molar-refractivity contribution in [2.45, 2.75) is 26.5 Å². The van der Waals surface area contributed by atoms with Crippen molar-refractivity contribution < 1.29 is 4.74 Å². The van der Waals surface area contributed by atoms with E-state index in [0.717, 1.165) is 23.3 Å². The monoisotopic (exact) mass is 283 g/mol. The molecule has 0 atom stereocenters. The van der Waals surface area contributed by atoms with Crippen molar-refractivity contribution in [3.63, 3.8) is 0 Å². The molecule has 0 aromatic heterocycles. The Hall–Kier alpha value is -0.800. The van der Waals surface area contributed by atoms with Gasteiger partial charge in [0.1, 0.15) is 5.75 Å². The van der Waals surface area contributed by atoms with Gasteiger partial charge in [-0.05, 0) is 47.5 Å². The standard InChI is InChI=1S/C13H18BrNO/c1-4-7-15-9-11-5-6-13(12(14)8-11)16-10(2)3/h4-6,8,10,15H,1,7,9H2,2-3H3. The normalized spacial score (nSPS) is 10.5. The predicted molar refractivity (Wildman–Crippen MR) is 71.8 cm³/mol. The maximum Gasteiger partial charge on any atom is 0.133 e. The molecule has 1 aromatic rings. The highest BCUT2D eigenvalue weighted by Crippen LogP contribution is 2.26. The molecule has 0 saturated heterocycles. The number of halogens is 1. The first kappa shape index (κ1) is 13.3. The van der Waals surface area contributed by atoms with E-state index in [0.29, 0.717) is 0 Å². The molecular weight excluding hydrogens is 266 g/mol. The smallest absolute Gasteiger partial charge is 0.133 e. The molecule has 0 unspecified atom stereocenters. The van der Waals surface area contributed by atoms with Gasteiger partial charge in [-0.1, -0.05) is 12.1 Å². The van der Waals surface area contributed by atoms with Gasteiger partial charge in [-0.15, -0.1) is 6.58 Å². The van der Waals surface area contributed by atoms with Crippen molar-refractivity contribution >= 4 is 15.9 Å². The Balaban J connectivity index is 2.63. The lowest BCUT2D eigenvalue weighted by Crippen LogP contribution is -2.12. The summed E-state index contributed by atoms with van der Waals surface area (Å²) in [5, 5.41) is 3.26. The van der Waals surface area contributed by atoms with Crippen molar-refractivity contribution in [3.8, 4) is 5.75 Å². The fourth-order valence-corrected chi connectivity index (χ4v) is 1.84. The third kappa shape index (κ3) is 4.37. The summed E-state index contributed by atoms with van der Waals surface area (Å²) in [4.78, 5) is 0.